The Morgan fingerprint density at radius 1 is 1.09 bits per heavy atom. The molecule has 13 heteroatoms. The van der Waals surface area contributed by atoms with Gasteiger partial charge in [0.2, 0.25) is 5.82 Å². The summed E-state index contributed by atoms with van der Waals surface area (Å²) in [5.41, 5.74) is 0.203. The second-order valence-corrected chi connectivity index (χ2v) is 7.31. The molecule has 0 radical (unpaired) electrons. The first kappa shape index (κ1) is 23.3. The van der Waals surface area contributed by atoms with Crippen molar-refractivity contribution < 1.29 is 41.0 Å². The number of esters is 1. The van der Waals surface area contributed by atoms with Gasteiger partial charge in [-0.3, -0.25) is 4.79 Å². The molecule has 1 fully saturated rings. The van der Waals surface area contributed by atoms with Gasteiger partial charge in [-0.05, 0) is 18.2 Å². The fraction of sp³-hybridized carbons (Fsp3) is 0.286. The molecular weight excluding hydrogens is 467 g/mol. The number of benzene rings is 1. The average molecular weight is 482 g/mol. The third-order valence-corrected chi connectivity index (χ3v) is 4.96. The molecule has 0 spiro atoms. The third kappa shape index (κ3) is 4.87. The van der Waals surface area contributed by atoms with Crippen LogP contribution in [0.4, 0.5) is 22.0 Å². The molecule has 1 unspecified atom stereocenters. The summed E-state index contributed by atoms with van der Waals surface area (Å²) in [5, 5.41) is 0.285. The number of rotatable bonds is 4. The highest BCUT2D eigenvalue weighted by molar-refractivity contribution is 5.90. The van der Waals surface area contributed by atoms with Gasteiger partial charge >= 0.3 is 12.1 Å². The van der Waals surface area contributed by atoms with Gasteiger partial charge in [-0.2, -0.15) is 13.2 Å². The number of para-hydroxylation sites is 1. The van der Waals surface area contributed by atoms with Gasteiger partial charge in [0.25, 0.3) is 17.7 Å². The molecule has 0 aliphatic carbocycles. The minimum atomic E-state index is -5.34. The van der Waals surface area contributed by atoms with E-state index in [0.717, 1.165) is 11.0 Å². The molecule has 1 atom stereocenters. The number of alkyl halides is 5. The first-order chi connectivity index (χ1) is 16.0. The van der Waals surface area contributed by atoms with E-state index >= 15 is 0 Å². The normalized spacial score (nSPS) is 17.9. The summed E-state index contributed by atoms with van der Waals surface area (Å²) >= 11 is 0. The van der Waals surface area contributed by atoms with Crippen LogP contribution in [0.5, 0.6) is 11.6 Å². The van der Waals surface area contributed by atoms with Crippen LogP contribution in [0, 0.1) is 0 Å². The summed E-state index contributed by atoms with van der Waals surface area (Å²) < 4.78 is 77.3. The van der Waals surface area contributed by atoms with Crippen LogP contribution in [0.25, 0.3) is 10.9 Å². The Labute approximate surface area is 188 Å². The minimum absolute atomic E-state index is 0.203. The number of pyridine rings is 1. The molecule has 1 aromatic carbocycles. The van der Waals surface area contributed by atoms with E-state index in [2.05, 4.69) is 19.7 Å². The van der Waals surface area contributed by atoms with Crippen LogP contribution in [0.2, 0.25) is 0 Å². The molecule has 1 saturated heterocycles. The van der Waals surface area contributed by atoms with Gasteiger partial charge in [0.1, 0.15) is 0 Å². The highest BCUT2D eigenvalue weighted by Crippen LogP contribution is 2.37. The molecule has 1 amide bonds. The molecular formula is C21H15F5N4O4. The van der Waals surface area contributed by atoms with Crippen LogP contribution in [-0.4, -0.2) is 63.0 Å². The highest BCUT2D eigenvalue weighted by Gasteiger charge is 2.48. The monoisotopic (exact) mass is 482 g/mol. The van der Waals surface area contributed by atoms with Gasteiger partial charge in [0, 0.05) is 30.7 Å². The summed E-state index contributed by atoms with van der Waals surface area (Å²) in [6.45, 7) is -0.962. The second kappa shape index (κ2) is 8.80. The van der Waals surface area contributed by atoms with Gasteiger partial charge in [-0.15, -0.1) is 0 Å². The van der Waals surface area contributed by atoms with Crippen LogP contribution in [0.15, 0.2) is 48.8 Å². The highest BCUT2D eigenvalue weighted by atomic mass is 19.4. The number of fused-ring (bicyclic) bond motifs is 1. The Hall–Kier alpha value is -3.90. The average Bonchev–Trinajstić information content (AvgIpc) is 2.80. The van der Waals surface area contributed by atoms with Crippen molar-refractivity contribution in [3.63, 3.8) is 0 Å². The number of aromatic nitrogens is 3. The Morgan fingerprint density at radius 3 is 2.50 bits per heavy atom. The molecule has 34 heavy (non-hydrogen) atoms. The van der Waals surface area contributed by atoms with Crippen LogP contribution in [-0.2, 0) is 4.79 Å². The van der Waals surface area contributed by atoms with Crippen molar-refractivity contribution >= 4 is 22.8 Å². The Morgan fingerprint density at radius 2 is 1.79 bits per heavy atom. The van der Waals surface area contributed by atoms with E-state index in [1.165, 1.54) is 30.6 Å². The van der Waals surface area contributed by atoms with Crippen molar-refractivity contribution in [1.82, 2.24) is 19.9 Å². The lowest BCUT2D eigenvalue weighted by Crippen LogP contribution is -2.55. The number of piperidine rings is 1. The maximum Gasteiger partial charge on any atom is 0.491 e. The standard InChI is InChI=1S/C21H15F5N4O4/c22-20(23)6-9-30(18(31)16-27-7-3-8-28-16)11-15(20)34-17-14(33-19(32)21(24,25)26)10-12-4-1-2-5-13(12)29-17/h1-5,7-8,10,15H,6,9,11H2. The lowest BCUT2D eigenvalue weighted by Gasteiger charge is -2.37. The lowest BCUT2D eigenvalue weighted by atomic mass is 10.0. The maximum atomic E-state index is 14.7. The van der Waals surface area contributed by atoms with Gasteiger partial charge < -0.3 is 14.4 Å². The van der Waals surface area contributed by atoms with E-state index in [1.807, 2.05) is 0 Å². The van der Waals surface area contributed by atoms with E-state index < -0.39 is 54.7 Å². The number of ether oxygens (including phenoxy) is 2. The number of hydrogen-bond acceptors (Lipinski definition) is 7. The van der Waals surface area contributed by atoms with Crippen molar-refractivity contribution in [2.45, 2.75) is 24.6 Å². The molecule has 1 aliphatic heterocycles. The number of likely N-dealkylation sites (tertiary alicyclic amines) is 1. The summed E-state index contributed by atoms with van der Waals surface area (Å²) in [5.74, 6) is -8.50. The maximum absolute atomic E-state index is 14.7. The van der Waals surface area contributed by atoms with Gasteiger partial charge in [0.15, 0.2) is 11.9 Å². The molecule has 3 aromatic rings. The van der Waals surface area contributed by atoms with Crippen molar-refractivity contribution in [1.29, 1.82) is 0 Å². The Balaban J connectivity index is 1.65. The molecule has 0 bridgehead atoms. The number of amides is 1. The molecule has 3 heterocycles. The largest absolute Gasteiger partial charge is 0.491 e. The number of halogens is 5. The van der Waals surface area contributed by atoms with Crippen LogP contribution < -0.4 is 9.47 Å². The van der Waals surface area contributed by atoms with Crippen LogP contribution >= 0.6 is 0 Å². The number of nitrogens with zero attached hydrogens (tertiary/aromatic N) is 4. The molecule has 2 aromatic heterocycles. The van der Waals surface area contributed by atoms with Crippen molar-refractivity contribution in [3.8, 4) is 11.6 Å². The predicted molar refractivity (Wildman–Crippen MR) is 105 cm³/mol. The zero-order valence-electron chi connectivity index (χ0n) is 17.1. The number of carbonyl (C=O) groups excluding carboxylic acids is 2. The summed E-state index contributed by atoms with van der Waals surface area (Å²) in [6.07, 6.45) is -5.50. The summed E-state index contributed by atoms with van der Waals surface area (Å²) in [6, 6.07) is 8.58. The van der Waals surface area contributed by atoms with Crippen LogP contribution in [0.3, 0.4) is 0 Å². The third-order valence-electron chi connectivity index (χ3n) is 4.96. The first-order valence-corrected chi connectivity index (χ1v) is 9.84. The van der Waals surface area contributed by atoms with Crippen molar-refractivity contribution in [2.75, 3.05) is 13.1 Å². The Bertz CT molecular complexity index is 1220. The fourth-order valence-electron chi connectivity index (χ4n) is 3.26. The zero-order valence-corrected chi connectivity index (χ0v) is 17.1. The van der Waals surface area contributed by atoms with Crippen LogP contribution in [0.1, 0.15) is 17.0 Å². The van der Waals surface area contributed by atoms with E-state index in [1.54, 1.807) is 12.1 Å². The molecule has 8 nitrogen and oxygen atoms in total. The van der Waals surface area contributed by atoms with E-state index in [-0.39, 0.29) is 23.3 Å². The quantitative estimate of drug-likeness (QED) is 0.416. The van der Waals surface area contributed by atoms with Crippen molar-refractivity contribution in [2.24, 2.45) is 0 Å². The minimum Gasteiger partial charge on any atom is -0.463 e. The van der Waals surface area contributed by atoms with E-state index in [0.29, 0.717) is 0 Å². The molecule has 4 rings (SSSR count). The summed E-state index contributed by atoms with van der Waals surface area (Å²) in [7, 11) is 0. The topological polar surface area (TPSA) is 94.5 Å². The SMILES string of the molecule is O=C(c1ncccn1)N1CCC(F)(F)C(Oc2nc3ccccc3cc2OC(=O)C(F)(F)F)C1. The zero-order chi connectivity index (χ0) is 24.5. The molecule has 0 saturated carbocycles. The van der Waals surface area contributed by atoms with Crippen molar-refractivity contribution in [3.05, 3.63) is 54.6 Å². The van der Waals surface area contributed by atoms with Gasteiger partial charge in [0.05, 0.1) is 12.1 Å². The van der Waals surface area contributed by atoms with E-state index in [4.69, 9.17) is 4.74 Å². The fourth-order valence-corrected chi connectivity index (χ4v) is 3.26. The predicted octanol–water partition coefficient (Wildman–Crippen LogP) is 3.42. The molecule has 1 aliphatic rings. The lowest BCUT2D eigenvalue weighted by molar-refractivity contribution is -0.190. The molecule has 178 valence electrons. The van der Waals surface area contributed by atoms with Gasteiger partial charge in [-0.25, -0.2) is 28.5 Å². The second-order valence-electron chi connectivity index (χ2n) is 7.31. The first-order valence-electron chi connectivity index (χ1n) is 9.84. The Kier molecular flexibility index (Phi) is 6.02. The number of carbonyl (C=O) groups is 2. The smallest absolute Gasteiger partial charge is 0.463 e. The number of hydrogen-bond donors (Lipinski definition) is 0. The molecule has 0 N–H and O–H groups in total. The van der Waals surface area contributed by atoms with Gasteiger partial charge in [-0.1, -0.05) is 18.2 Å². The van der Waals surface area contributed by atoms with E-state index in [9.17, 15) is 31.5 Å². The summed E-state index contributed by atoms with van der Waals surface area (Å²) in [4.78, 5) is 36.6.